The molecular formula is C18H26N2O2. The highest BCUT2D eigenvalue weighted by atomic mass is 16.2. The first-order valence-electron chi connectivity index (χ1n) is 8.09. The van der Waals surface area contributed by atoms with E-state index < -0.39 is 0 Å². The first-order chi connectivity index (χ1) is 10.5. The number of rotatable bonds is 5. The summed E-state index contributed by atoms with van der Waals surface area (Å²) in [6, 6.07) is 9.38. The van der Waals surface area contributed by atoms with Crippen molar-refractivity contribution in [1.29, 1.82) is 0 Å². The lowest BCUT2D eigenvalue weighted by atomic mass is 9.81. The van der Waals surface area contributed by atoms with E-state index in [2.05, 4.69) is 6.92 Å². The van der Waals surface area contributed by atoms with E-state index in [1.807, 2.05) is 30.3 Å². The van der Waals surface area contributed by atoms with Crippen molar-refractivity contribution < 1.29 is 9.59 Å². The molecule has 0 radical (unpaired) electrons. The minimum atomic E-state index is -0.384. The fourth-order valence-electron chi connectivity index (χ4n) is 3.44. The number of primary amides is 1. The van der Waals surface area contributed by atoms with E-state index >= 15 is 0 Å². The Morgan fingerprint density at radius 2 is 1.95 bits per heavy atom. The van der Waals surface area contributed by atoms with E-state index in [0.717, 1.165) is 24.8 Å². The largest absolute Gasteiger partial charge is 0.370 e. The molecule has 4 heteroatoms. The van der Waals surface area contributed by atoms with Crippen LogP contribution in [0.1, 0.15) is 50.6 Å². The van der Waals surface area contributed by atoms with Crippen molar-refractivity contribution in [2.24, 2.45) is 17.6 Å². The van der Waals surface area contributed by atoms with Crippen molar-refractivity contribution in [2.75, 3.05) is 7.05 Å². The Balaban J connectivity index is 2.15. The molecule has 1 aromatic carbocycles. The second-order valence-corrected chi connectivity index (χ2v) is 6.51. The van der Waals surface area contributed by atoms with Gasteiger partial charge in [0, 0.05) is 13.0 Å². The van der Waals surface area contributed by atoms with Gasteiger partial charge in [-0.1, -0.05) is 50.1 Å². The number of hydrogen-bond acceptors (Lipinski definition) is 2. The summed E-state index contributed by atoms with van der Waals surface area (Å²) in [6.45, 7) is 2.21. The highest BCUT2D eigenvalue weighted by Gasteiger charge is 2.31. The highest BCUT2D eigenvalue weighted by Crippen LogP contribution is 2.32. The van der Waals surface area contributed by atoms with Crippen LogP contribution in [0.3, 0.4) is 0 Å². The van der Waals surface area contributed by atoms with Crippen LogP contribution in [0, 0.1) is 11.8 Å². The van der Waals surface area contributed by atoms with Gasteiger partial charge in [-0.3, -0.25) is 9.59 Å². The van der Waals surface area contributed by atoms with Gasteiger partial charge in [0.2, 0.25) is 11.8 Å². The van der Waals surface area contributed by atoms with Crippen molar-refractivity contribution in [2.45, 2.75) is 45.1 Å². The van der Waals surface area contributed by atoms with Gasteiger partial charge in [0.15, 0.2) is 0 Å². The van der Waals surface area contributed by atoms with E-state index in [4.69, 9.17) is 5.73 Å². The van der Waals surface area contributed by atoms with Gasteiger partial charge < -0.3 is 10.6 Å². The van der Waals surface area contributed by atoms with Crippen molar-refractivity contribution in [3.63, 3.8) is 0 Å². The monoisotopic (exact) mass is 302 g/mol. The molecule has 1 aromatic rings. The third-order valence-electron chi connectivity index (χ3n) is 4.68. The Hall–Kier alpha value is -1.84. The Kier molecular flexibility index (Phi) is 5.58. The first-order valence-corrected chi connectivity index (χ1v) is 8.09. The second-order valence-electron chi connectivity index (χ2n) is 6.51. The molecule has 0 spiro atoms. The van der Waals surface area contributed by atoms with E-state index in [1.54, 1.807) is 11.9 Å². The fraction of sp³-hybridized carbons (Fsp3) is 0.556. The van der Waals surface area contributed by atoms with Gasteiger partial charge in [-0.15, -0.1) is 0 Å². The number of carbonyl (C=O) groups is 2. The van der Waals surface area contributed by atoms with Crippen LogP contribution in [0.25, 0.3) is 0 Å². The lowest BCUT2D eigenvalue weighted by Crippen LogP contribution is -2.39. The van der Waals surface area contributed by atoms with E-state index in [-0.39, 0.29) is 30.2 Å². The molecule has 1 fully saturated rings. The molecule has 3 atom stereocenters. The molecule has 2 N–H and O–H groups in total. The number of amides is 2. The molecule has 4 nitrogen and oxygen atoms in total. The molecule has 1 aliphatic rings. The van der Waals surface area contributed by atoms with Crippen LogP contribution in [0.2, 0.25) is 0 Å². The van der Waals surface area contributed by atoms with Gasteiger partial charge in [-0.2, -0.15) is 0 Å². The van der Waals surface area contributed by atoms with Crippen LogP contribution in [0.5, 0.6) is 0 Å². The molecule has 120 valence electrons. The summed E-state index contributed by atoms with van der Waals surface area (Å²) in [5.74, 6) is 0.433. The quantitative estimate of drug-likeness (QED) is 0.909. The summed E-state index contributed by atoms with van der Waals surface area (Å²) in [5.41, 5.74) is 6.35. The minimum Gasteiger partial charge on any atom is -0.370 e. The Morgan fingerprint density at radius 3 is 2.55 bits per heavy atom. The van der Waals surface area contributed by atoms with Gasteiger partial charge in [-0.05, 0) is 24.3 Å². The molecule has 0 saturated heterocycles. The van der Waals surface area contributed by atoms with Gasteiger partial charge in [-0.25, -0.2) is 0 Å². The Morgan fingerprint density at radius 1 is 1.27 bits per heavy atom. The van der Waals surface area contributed by atoms with Crippen LogP contribution in [0.4, 0.5) is 0 Å². The maximum atomic E-state index is 12.8. The van der Waals surface area contributed by atoms with Gasteiger partial charge in [0.1, 0.15) is 0 Å². The Bertz CT molecular complexity index is 515. The zero-order valence-electron chi connectivity index (χ0n) is 13.5. The third kappa shape index (κ3) is 4.09. The van der Waals surface area contributed by atoms with Crippen molar-refractivity contribution in [1.82, 2.24) is 4.90 Å². The first kappa shape index (κ1) is 16.5. The van der Waals surface area contributed by atoms with Crippen LogP contribution >= 0.6 is 0 Å². The summed E-state index contributed by atoms with van der Waals surface area (Å²) < 4.78 is 0. The van der Waals surface area contributed by atoms with Crippen LogP contribution < -0.4 is 5.73 Å². The summed E-state index contributed by atoms with van der Waals surface area (Å²) >= 11 is 0. The normalized spacial score (nSPS) is 22.8. The maximum absolute atomic E-state index is 12.8. The van der Waals surface area contributed by atoms with E-state index in [1.165, 1.54) is 6.42 Å². The highest BCUT2D eigenvalue weighted by molar-refractivity contribution is 5.81. The summed E-state index contributed by atoms with van der Waals surface area (Å²) in [5, 5.41) is 0. The van der Waals surface area contributed by atoms with Gasteiger partial charge in [0.25, 0.3) is 0 Å². The topological polar surface area (TPSA) is 63.4 Å². The number of benzene rings is 1. The zero-order chi connectivity index (χ0) is 16.1. The molecule has 0 aliphatic heterocycles. The maximum Gasteiger partial charge on any atom is 0.225 e. The standard InChI is InChI=1S/C18H26N2O2/c1-13-7-6-10-15(11-13)18(22)20(2)16(12-17(19)21)14-8-4-3-5-9-14/h3-5,8-9,13,15-16H,6-7,10-12H2,1-2H3,(H2,19,21)/t13-,15-,16-/m1/s1. The zero-order valence-corrected chi connectivity index (χ0v) is 13.5. The molecule has 1 saturated carbocycles. The van der Waals surface area contributed by atoms with Gasteiger partial charge >= 0.3 is 0 Å². The smallest absolute Gasteiger partial charge is 0.225 e. The predicted octanol–water partition coefficient (Wildman–Crippen LogP) is 2.89. The second kappa shape index (κ2) is 7.43. The molecular weight excluding hydrogens is 276 g/mol. The summed E-state index contributed by atoms with van der Waals surface area (Å²) in [6.07, 6.45) is 4.37. The lowest BCUT2D eigenvalue weighted by Gasteiger charge is -2.34. The molecule has 0 heterocycles. The number of hydrogen-bond donors (Lipinski definition) is 1. The predicted molar refractivity (Wildman–Crippen MR) is 86.9 cm³/mol. The van der Waals surface area contributed by atoms with Crippen LogP contribution in [-0.2, 0) is 9.59 Å². The fourth-order valence-corrected chi connectivity index (χ4v) is 3.44. The van der Waals surface area contributed by atoms with Crippen LogP contribution in [-0.4, -0.2) is 23.8 Å². The molecule has 2 amide bonds. The molecule has 0 bridgehead atoms. The molecule has 2 rings (SSSR count). The average Bonchev–Trinajstić information content (AvgIpc) is 2.52. The molecule has 22 heavy (non-hydrogen) atoms. The van der Waals surface area contributed by atoms with E-state index in [9.17, 15) is 9.59 Å². The SMILES string of the molecule is C[C@@H]1CCC[C@@H](C(=O)N(C)[C@H](CC(N)=O)c2ccccc2)C1. The van der Waals surface area contributed by atoms with Crippen molar-refractivity contribution in [3.05, 3.63) is 35.9 Å². The number of nitrogens with two attached hydrogens (primary N) is 1. The molecule has 0 unspecified atom stereocenters. The molecule has 1 aliphatic carbocycles. The molecule has 0 aromatic heterocycles. The minimum absolute atomic E-state index is 0.0767. The van der Waals surface area contributed by atoms with Crippen LogP contribution in [0.15, 0.2) is 30.3 Å². The average molecular weight is 302 g/mol. The lowest BCUT2D eigenvalue weighted by molar-refractivity contribution is -0.138. The van der Waals surface area contributed by atoms with E-state index in [0.29, 0.717) is 5.92 Å². The van der Waals surface area contributed by atoms with Crippen molar-refractivity contribution >= 4 is 11.8 Å². The van der Waals surface area contributed by atoms with Crippen molar-refractivity contribution in [3.8, 4) is 0 Å². The Labute approximate surface area is 132 Å². The summed E-state index contributed by atoms with van der Waals surface area (Å²) in [4.78, 5) is 26.0. The third-order valence-corrected chi connectivity index (χ3v) is 4.68. The van der Waals surface area contributed by atoms with Gasteiger partial charge in [0.05, 0.1) is 12.5 Å². The summed E-state index contributed by atoms with van der Waals surface area (Å²) in [7, 11) is 1.79. The number of carbonyl (C=O) groups excluding carboxylic acids is 2. The number of nitrogens with zero attached hydrogens (tertiary/aromatic N) is 1.